The van der Waals surface area contributed by atoms with Gasteiger partial charge in [0.15, 0.2) is 0 Å². The summed E-state index contributed by atoms with van der Waals surface area (Å²) < 4.78 is 1.64. The molecule has 1 heterocycles. The highest BCUT2D eigenvalue weighted by Crippen LogP contribution is 2.36. The van der Waals surface area contributed by atoms with Crippen molar-refractivity contribution in [1.29, 1.82) is 0 Å². The molecule has 122 valence electrons. The normalized spacial score (nSPS) is 17.0. The van der Waals surface area contributed by atoms with Gasteiger partial charge in [0.05, 0.1) is 17.1 Å². The van der Waals surface area contributed by atoms with Crippen molar-refractivity contribution in [3.8, 4) is 0 Å². The van der Waals surface area contributed by atoms with Gasteiger partial charge in [-0.25, -0.2) is 0 Å². The molecule has 0 radical (unpaired) electrons. The first-order valence-electron chi connectivity index (χ1n) is 8.01. The van der Waals surface area contributed by atoms with Crippen LogP contribution in [0, 0.1) is 5.41 Å². The molecule has 0 saturated heterocycles. The van der Waals surface area contributed by atoms with Crippen molar-refractivity contribution in [3.63, 3.8) is 0 Å². The fourth-order valence-electron chi connectivity index (χ4n) is 3.31. The number of carbonyl (C=O) groups excluding carboxylic acids is 1. The second-order valence-electron chi connectivity index (χ2n) is 6.28. The van der Waals surface area contributed by atoms with Crippen molar-refractivity contribution in [2.75, 3.05) is 6.54 Å². The molecule has 0 atom stereocenters. The summed E-state index contributed by atoms with van der Waals surface area (Å²) in [6.45, 7) is 0.295. The van der Waals surface area contributed by atoms with Crippen LogP contribution in [0.3, 0.4) is 0 Å². The van der Waals surface area contributed by atoms with E-state index in [-0.39, 0.29) is 19.0 Å². The van der Waals surface area contributed by atoms with Gasteiger partial charge in [-0.3, -0.25) is 14.3 Å². The summed E-state index contributed by atoms with van der Waals surface area (Å²) in [6, 6.07) is 7.68. The Morgan fingerprint density at radius 3 is 2.70 bits per heavy atom. The van der Waals surface area contributed by atoms with E-state index < -0.39 is 11.4 Å². The van der Waals surface area contributed by atoms with E-state index in [9.17, 15) is 14.7 Å². The van der Waals surface area contributed by atoms with E-state index in [0.29, 0.717) is 12.8 Å². The Bertz CT molecular complexity index is 717. The number of benzene rings is 1. The minimum Gasteiger partial charge on any atom is -0.481 e. The maximum atomic E-state index is 12.2. The van der Waals surface area contributed by atoms with Gasteiger partial charge in [-0.1, -0.05) is 37.5 Å². The van der Waals surface area contributed by atoms with E-state index in [1.807, 2.05) is 24.3 Å². The lowest BCUT2D eigenvalue weighted by Gasteiger charge is -2.33. The van der Waals surface area contributed by atoms with Crippen molar-refractivity contribution >= 4 is 22.8 Å². The Balaban J connectivity index is 1.64. The molecule has 0 spiro atoms. The molecule has 1 saturated carbocycles. The van der Waals surface area contributed by atoms with Crippen molar-refractivity contribution in [1.82, 2.24) is 15.1 Å². The molecule has 1 aromatic carbocycles. The lowest BCUT2D eigenvalue weighted by atomic mass is 9.74. The Labute approximate surface area is 134 Å². The molecular formula is C17H21N3O3. The van der Waals surface area contributed by atoms with E-state index in [2.05, 4.69) is 10.4 Å². The van der Waals surface area contributed by atoms with Crippen LogP contribution >= 0.6 is 0 Å². The van der Waals surface area contributed by atoms with E-state index in [0.717, 1.165) is 30.2 Å². The van der Waals surface area contributed by atoms with Crippen LogP contribution in [0.1, 0.15) is 32.1 Å². The number of carboxylic acid groups (broad SMARTS) is 1. The van der Waals surface area contributed by atoms with Crippen LogP contribution in [-0.4, -0.2) is 33.3 Å². The smallest absolute Gasteiger partial charge is 0.311 e. The Morgan fingerprint density at radius 2 is 1.96 bits per heavy atom. The molecule has 2 aromatic rings. The Kier molecular flexibility index (Phi) is 4.32. The SMILES string of the molecule is O=C(Cn1ncc2ccccc21)NCC1(C(=O)O)CCCCC1. The third-order valence-electron chi connectivity index (χ3n) is 4.73. The first-order valence-corrected chi connectivity index (χ1v) is 8.01. The molecular weight excluding hydrogens is 294 g/mol. The summed E-state index contributed by atoms with van der Waals surface area (Å²) in [5, 5.41) is 17.5. The number of hydrogen-bond donors (Lipinski definition) is 2. The predicted octanol–water partition coefficient (Wildman–Crippen LogP) is 2.19. The fourth-order valence-corrected chi connectivity index (χ4v) is 3.31. The predicted molar refractivity (Wildman–Crippen MR) is 85.9 cm³/mol. The van der Waals surface area contributed by atoms with Gasteiger partial charge in [0.2, 0.25) is 5.91 Å². The third kappa shape index (κ3) is 3.21. The van der Waals surface area contributed by atoms with E-state index in [4.69, 9.17) is 0 Å². The number of carbonyl (C=O) groups is 2. The lowest BCUT2D eigenvalue weighted by Crippen LogP contribution is -2.45. The van der Waals surface area contributed by atoms with Gasteiger partial charge in [-0.05, 0) is 18.9 Å². The van der Waals surface area contributed by atoms with Crippen molar-refractivity contribution in [2.24, 2.45) is 5.41 Å². The number of rotatable bonds is 5. The summed E-state index contributed by atoms with van der Waals surface area (Å²) in [5.41, 5.74) is 0.0911. The van der Waals surface area contributed by atoms with Crippen molar-refractivity contribution in [3.05, 3.63) is 30.5 Å². The number of carboxylic acids is 1. The first-order chi connectivity index (χ1) is 11.1. The topological polar surface area (TPSA) is 84.2 Å². The zero-order chi connectivity index (χ0) is 16.3. The molecule has 23 heavy (non-hydrogen) atoms. The number of nitrogens with zero attached hydrogens (tertiary/aromatic N) is 2. The fraction of sp³-hybridized carbons (Fsp3) is 0.471. The van der Waals surface area contributed by atoms with Crippen LogP contribution in [0.15, 0.2) is 30.5 Å². The number of fused-ring (bicyclic) bond motifs is 1. The van der Waals surface area contributed by atoms with E-state index in [1.54, 1.807) is 10.9 Å². The number of para-hydroxylation sites is 1. The molecule has 1 aromatic heterocycles. The molecule has 0 aliphatic heterocycles. The Morgan fingerprint density at radius 1 is 1.22 bits per heavy atom. The summed E-state index contributed by atoms with van der Waals surface area (Å²) in [5.74, 6) is -1.01. The molecule has 1 aliphatic carbocycles. The number of hydrogen-bond acceptors (Lipinski definition) is 3. The van der Waals surface area contributed by atoms with Gasteiger partial charge < -0.3 is 10.4 Å². The molecule has 1 aliphatic rings. The van der Waals surface area contributed by atoms with E-state index in [1.165, 1.54) is 0 Å². The quantitative estimate of drug-likeness (QED) is 0.886. The van der Waals surface area contributed by atoms with Crippen LogP contribution in [0.2, 0.25) is 0 Å². The van der Waals surface area contributed by atoms with Gasteiger partial charge in [0.1, 0.15) is 6.54 Å². The van der Waals surface area contributed by atoms with Gasteiger partial charge in [0.25, 0.3) is 0 Å². The van der Waals surface area contributed by atoms with E-state index >= 15 is 0 Å². The summed E-state index contributed by atoms with van der Waals surface area (Å²) >= 11 is 0. The largest absolute Gasteiger partial charge is 0.481 e. The first kappa shape index (κ1) is 15.5. The van der Waals surface area contributed by atoms with Gasteiger partial charge in [0, 0.05) is 11.9 Å². The van der Waals surface area contributed by atoms with Crippen LogP contribution in [0.25, 0.3) is 10.9 Å². The molecule has 6 heteroatoms. The highest BCUT2D eigenvalue weighted by molar-refractivity contribution is 5.82. The van der Waals surface area contributed by atoms with Crippen LogP contribution in [-0.2, 0) is 16.1 Å². The molecule has 2 N–H and O–H groups in total. The number of aliphatic carboxylic acids is 1. The van der Waals surface area contributed by atoms with Gasteiger partial charge >= 0.3 is 5.97 Å². The maximum Gasteiger partial charge on any atom is 0.311 e. The molecule has 3 rings (SSSR count). The molecule has 0 unspecified atom stereocenters. The minimum atomic E-state index is -0.805. The van der Waals surface area contributed by atoms with Crippen molar-refractivity contribution in [2.45, 2.75) is 38.6 Å². The van der Waals surface area contributed by atoms with Gasteiger partial charge in [-0.2, -0.15) is 5.10 Å². The van der Waals surface area contributed by atoms with Gasteiger partial charge in [-0.15, -0.1) is 0 Å². The zero-order valence-electron chi connectivity index (χ0n) is 13.0. The van der Waals surface area contributed by atoms with Crippen LogP contribution in [0.5, 0.6) is 0 Å². The second-order valence-corrected chi connectivity index (χ2v) is 6.28. The summed E-state index contributed by atoms with van der Waals surface area (Å²) in [4.78, 5) is 23.8. The summed E-state index contributed by atoms with van der Waals surface area (Å²) in [7, 11) is 0. The monoisotopic (exact) mass is 315 g/mol. The molecule has 6 nitrogen and oxygen atoms in total. The minimum absolute atomic E-state index is 0.100. The highest BCUT2D eigenvalue weighted by Gasteiger charge is 2.39. The van der Waals surface area contributed by atoms with Crippen molar-refractivity contribution < 1.29 is 14.7 Å². The number of nitrogens with one attached hydrogen (secondary N) is 1. The highest BCUT2D eigenvalue weighted by atomic mass is 16.4. The molecule has 1 amide bonds. The molecule has 1 fully saturated rings. The number of aromatic nitrogens is 2. The number of amides is 1. The molecule has 0 bridgehead atoms. The third-order valence-corrected chi connectivity index (χ3v) is 4.73. The van der Waals surface area contributed by atoms with Crippen LogP contribution < -0.4 is 5.32 Å². The standard InChI is InChI=1S/C17H21N3O3/c21-15(11-20-14-7-3-2-6-13(14)10-19-20)18-12-17(16(22)23)8-4-1-5-9-17/h2-3,6-7,10H,1,4-5,8-9,11-12H2,(H,18,21)(H,22,23). The average molecular weight is 315 g/mol. The second kappa shape index (κ2) is 6.40. The van der Waals surface area contributed by atoms with Crippen LogP contribution in [0.4, 0.5) is 0 Å². The average Bonchev–Trinajstić information content (AvgIpc) is 2.97. The lowest BCUT2D eigenvalue weighted by molar-refractivity contribution is -0.151. The Hall–Kier alpha value is -2.37. The maximum absolute atomic E-state index is 12.2. The zero-order valence-corrected chi connectivity index (χ0v) is 13.0. The summed E-state index contributed by atoms with van der Waals surface area (Å²) in [6.07, 6.45) is 5.88.